The first-order valence-electron chi connectivity index (χ1n) is 10.7. The summed E-state index contributed by atoms with van der Waals surface area (Å²) >= 11 is 3.20. The number of hydrogen-bond donors (Lipinski definition) is 2. The maximum absolute atomic E-state index is 12.7. The Morgan fingerprint density at radius 3 is 2.62 bits per heavy atom. The number of benzene rings is 1. The molecule has 1 aromatic rings. The van der Waals surface area contributed by atoms with Crippen LogP contribution in [0.1, 0.15) is 40.5 Å². The van der Waals surface area contributed by atoms with E-state index >= 15 is 0 Å². The molecule has 1 aliphatic rings. The summed E-state index contributed by atoms with van der Waals surface area (Å²) in [5, 5.41) is 24.7. The van der Waals surface area contributed by atoms with Crippen LogP contribution in [0.15, 0.2) is 22.7 Å². The van der Waals surface area contributed by atoms with Gasteiger partial charge in [0.2, 0.25) is 5.79 Å². The molecule has 0 aromatic heterocycles. The summed E-state index contributed by atoms with van der Waals surface area (Å²) in [6.45, 7) is 13.0. The number of aliphatic hydroxyl groups is 1. The highest BCUT2D eigenvalue weighted by Crippen LogP contribution is 2.38. The van der Waals surface area contributed by atoms with Crippen molar-refractivity contribution in [2.75, 3.05) is 25.0 Å². The van der Waals surface area contributed by atoms with E-state index in [0.29, 0.717) is 17.6 Å². The zero-order valence-electron chi connectivity index (χ0n) is 19.6. The number of carbonyl (C=O) groups excluding carboxylic acids is 1. The second-order valence-electron chi connectivity index (χ2n) is 9.90. The molecule has 2 N–H and O–H groups in total. The van der Waals surface area contributed by atoms with Gasteiger partial charge in [-0.2, -0.15) is 0 Å². The Labute approximate surface area is 198 Å². The number of piperidine rings is 1. The van der Waals surface area contributed by atoms with Gasteiger partial charge in [0.1, 0.15) is 5.69 Å². The second-order valence-corrected chi connectivity index (χ2v) is 15.6. The van der Waals surface area contributed by atoms with Crippen LogP contribution in [0, 0.1) is 10.1 Å². The van der Waals surface area contributed by atoms with Crippen molar-refractivity contribution in [3.8, 4) is 0 Å². The number of amides is 1. The van der Waals surface area contributed by atoms with Crippen molar-refractivity contribution in [1.82, 2.24) is 4.90 Å². The van der Waals surface area contributed by atoms with Crippen LogP contribution in [0.3, 0.4) is 0 Å². The molecule has 11 heteroatoms. The van der Waals surface area contributed by atoms with Crippen molar-refractivity contribution in [2.45, 2.75) is 70.6 Å². The molecule has 32 heavy (non-hydrogen) atoms. The molecule has 0 aliphatic carbocycles. The molecule has 1 aromatic carbocycles. The number of likely N-dealkylation sites (tertiary alicyclic amines) is 1. The van der Waals surface area contributed by atoms with Gasteiger partial charge in [-0.15, -0.1) is 0 Å². The van der Waals surface area contributed by atoms with Crippen molar-refractivity contribution in [2.24, 2.45) is 0 Å². The first kappa shape index (κ1) is 26.6. The van der Waals surface area contributed by atoms with Crippen molar-refractivity contribution in [1.29, 1.82) is 0 Å². The summed E-state index contributed by atoms with van der Waals surface area (Å²) in [6.07, 6.45) is 0.970. The van der Waals surface area contributed by atoms with Crippen molar-refractivity contribution in [3.05, 3.63) is 32.8 Å². The molecule has 9 nitrogen and oxygen atoms in total. The summed E-state index contributed by atoms with van der Waals surface area (Å²) in [5.74, 6) is -1.86. The lowest BCUT2D eigenvalue weighted by molar-refractivity contribution is -0.384. The van der Waals surface area contributed by atoms with E-state index in [2.05, 4.69) is 55.1 Å². The highest BCUT2D eigenvalue weighted by molar-refractivity contribution is 9.10. The zero-order valence-corrected chi connectivity index (χ0v) is 22.2. The highest BCUT2D eigenvalue weighted by atomic mass is 79.9. The topological polar surface area (TPSA) is 114 Å². The molecule has 1 aliphatic heterocycles. The van der Waals surface area contributed by atoms with E-state index < -0.39 is 25.1 Å². The zero-order chi connectivity index (χ0) is 24.3. The molecular weight excluding hydrogens is 498 g/mol. The summed E-state index contributed by atoms with van der Waals surface area (Å²) < 4.78 is 12.3. The second kappa shape index (κ2) is 10.1. The average molecular weight is 533 g/mol. The Balaban J connectivity index is 1.97. The molecule has 2 atom stereocenters. The molecule has 1 fully saturated rings. The number of nitro groups is 1. The summed E-state index contributed by atoms with van der Waals surface area (Å²) in [7, 11) is -1.97. The number of rotatable bonds is 7. The normalized spacial score (nSPS) is 19.2. The molecule has 0 radical (unpaired) electrons. The first-order valence-corrected chi connectivity index (χ1v) is 14.4. The molecule has 0 spiro atoms. The van der Waals surface area contributed by atoms with Gasteiger partial charge in [-0.3, -0.25) is 10.1 Å². The molecule has 180 valence electrons. The van der Waals surface area contributed by atoms with E-state index in [1.54, 1.807) is 11.0 Å². The van der Waals surface area contributed by atoms with Gasteiger partial charge in [0.25, 0.3) is 5.69 Å². The van der Waals surface area contributed by atoms with E-state index in [1.165, 1.54) is 19.1 Å². The summed E-state index contributed by atoms with van der Waals surface area (Å²) in [4.78, 5) is 25.0. The maximum atomic E-state index is 12.7. The van der Waals surface area contributed by atoms with Crippen LogP contribution in [0.25, 0.3) is 0 Å². The van der Waals surface area contributed by atoms with Gasteiger partial charge in [-0.25, -0.2) is 4.79 Å². The molecule has 1 saturated heterocycles. The van der Waals surface area contributed by atoms with Gasteiger partial charge in [0, 0.05) is 30.6 Å². The Kier molecular flexibility index (Phi) is 8.35. The highest BCUT2D eigenvalue weighted by Gasteiger charge is 2.41. The first-order chi connectivity index (χ1) is 14.6. The number of nitro benzene ring substituents is 1. The van der Waals surface area contributed by atoms with Crippen LogP contribution in [0.4, 0.5) is 16.2 Å². The molecule has 1 unspecified atom stereocenters. The number of nitrogens with one attached hydrogen (secondary N) is 1. The Hall–Kier alpha value is -1.69. The van der Waals surface area contributed by atoms with Gasteiger partial charge in [-0.1, -0.05) is 36.7 Å². The SMILES string of the molecule is CC(C)(C)[Si](C)(C)OC1CCCN(C(=O)O[C@@](C)(O)CNc2ccc(Br)cc2[N+](=O)[O-])C1. The lowest BCUT2D eigenvalue weighted by Crippen LogP contribution is -2.52. The summed E-state index contributed by atoms with van der Waals surface area (Å²) in [5.41, 5.74) is 0.0680. The number of carbonyl (C=O) groups is 1. The number of nitrogens with zero attached hydrogens (tertiary/aromatic N) is 2. The minimum atomic E-state index is -1.97. The average Bonchev–Trinajstić information content (AvgIpc) is 2.65. The molecule has 1 amide bonds. The van der Waals surface area contributed by atoms with Gasteiger partial charge in [0.05, 0.1) is 17.6 Å². The Morgan fingerprint density at radius 2 is 2.03 bits per heavy atom. The lowest BCUT2D eigenvalue weighted by Gasteiger charge is -2.42. The molecule has 0 saturated carbocycles. The fourth-order valence-corrected chi connectivity index (χ4v) is 4.88. The quantitative estimate of drug-likeness (QED) is 0.217. The molecule has 1 heterocycles. The third kappa shape index (κ3) is 7.16. The van der Waals surface area contributed by atoms with E-state index in [4.69, 9.17) is 9.16 Å². The molecule has 0 bridgehead atoms. The number of anilines is 1. The minimum Gasteiger partial charge on any atom is -0.415 e. The largest absolute Gasteiger partial charge is 0.415 e. The smallest absolute Gasteiger partial charge is 0.412 e. The van der Waals surface area contributed by atoms with E-state index in [1.807, 2.05) is 0 Å². The van der Waals surface area contributed by atoms with E-state index in [0.717, 1.165) is 12.8 Å². The van der Waals surface area contributed by atoms with Gasteiger partial charge >= 0.3 is 6.09 Å². The third-order valence-corrected chi connectivity index (χ3v) is 11.0. The molecule has 2 rings (SSSR count). The molecular formula is C21H34BrN3O6Si. The van der Waals surface area contributed by atoms with Crippen molar-refractivity contribution >= 4 is 41.7 Å². The van der Waals surface area contributed by atoms with E-state index in [9.17, 15) is 20.0 Å². The lowest BCUT2D eigenvalue weighted by atomic mass is 10.1. The number of hydrogen-bond acceptors (Lipinski definition) is 7. The third-order valence-electron chi connectivity index (χ3n) is 5.97. The van der Waals surface area contributed by atoms with Crippen LogP contribution in [0.5, 0.6) is 0 Å². The minimum absolute atomic E-state index is 0.0642. The van der Waals surface area contributed by atoms with Gasteiger partial charge in [-0.05, 0) is 43.1 Å². The standard InChI is InChI=1S/C21H34BrN3O6Si/c1-20(2,3)32(5,6)31-16-8-7-11-24(13-16)19(26)30-21(4,27)14-23-17-10-9-15(22)12-18(17)25(28)29/h9-10,12,16,23,27H,7-8,11,13-14H2,1-6H3/t16?,21-/m1/s1. The van der Waals surface area contributed by atoms with Crippen LogP contribution in [-0.2, 0) is 9.16 Å². The van der Waals surface area contributed by atoms with Crippen LogP contribution in [0.2, 0.25) is 18.1 Å². The predicted molar refractivity (Wildman–Crippen MR) is 129 cm³/mol. The number of halogens is 1. The fraction of sp³-hybridized carbons (Fsp3) is 0.667. The van der Waals surface area contributed by atoms with Crippen molar-refractivity contribution < 1.29 is 24.0 Å². The monoisotopic (exact) mass is 531 g/mol. The van der Waals surface area contributed by atoms with E-state index in [-0.39, 0.29) is 29.1 Å². The summed E-state index contributed by atoms with van der Waals surface area (Å²) in [6, 6.07) is 4.53. The Bertz CT molecular complexity index is 843. The van der Waals surface area contributed by atoms with Crippen LogP contribution < -0.4 is 5.32 Å². The van der Waals surface area contributed by atoms with Crippen molar-refractivity contribution in [3.63, 3.8) is 0 Å². The van der Waals surface area contributed by atoms with Gasteiger partial charge in [0.15, 0.2) is 8.32 Å². The number of ether oxygens (including phenoxy) is 1. The van der Waals surface area contributed by atoms with Gasteiger partial charge < -0.3 is 24.5 Å². The fourth-order valence-electron chi connectivity index (χ4n) is 3.15. The Morgan fingerprint density at radius 1 is 1.38 bits per heavy atom. The maximum Gasteiger partial charge on any atom is 0.412 e. The predicted octanol–water partition coefficient (Wildman–Crippen LogP) is 5.10. The van der Waals surface area contributed by atoms with Crippen LogP contribution in [-0.4, -0.2) is 60.9 Å². The van der Waals surface area contributed by atoms with Crippen LogP contribution >= 0.6 is 15.9 Å².